The summed E-state index contributed by atoms with van der Waals surface area (Å²) in [6, 6.07) is 8.11. The van der Waals surface area contributed by atoms with Crippen molar-refractivity contribution >= 4 is 34.0 Å². The molecule has 8 heteroatoms. The van der Waals surface area contributed by atoms with Crippen molar-refractivity contribution in [3.63, 3.8) is 0 Å². The summed E-state index contributed by atoms with van der Waals surface area (Å²) in [6.45, 7) is 4.89. The van der Waals surface area contributed by atoms with Crippen molar-refractivity contribution in [2.45, 2.75) is 39.7 Å². The number of anilines is 1. The van der Waals surface area contributed by atoms with Crippen LogP contribution in [-0.2, 0) is 28.9 Å². The van der Waals surface area contributed by atoms with Gasteiger partial charge < -0.3 is 15.5 Å². The lowest BCUT2D eigenvalue weighted by Crippen LogP contribution is -2.35. The molecule has 1 aromatic carbocycles. The standard InChI is InChI=1S/C23H26N5O2S/c1-15-21(31-14-28(15)13-18-12-25-16(2)27-23(18)24)9-10-30-22(29)8-7-17-11-26-20-6-4-3-5-19(17)20/h3-6,11-12,14,26H,7-10,13H2,1-2H3,(H2,24,25,27)/q+1. The van der Waals surface area contributed by atoms with Crippen molar-refractivity contribution in [2.75, 3.05) is 12.3 Å². The Morgan fingerprint density at radius 3 is 2.90 bits per heavy atom. The molecule has 0 amide bonds. The first-order valence-electron chi connectivity index (χ1n) is 10.3. The van der Waals surface area contributed by atoms with Gasteiger partial charge in [-0.3, -0.25) is 4.79 Å². The van der Waals surface area contributed by atoms with Crippen molar-refractivity contribution < 1.29 is 14.1 Å². The molecule has 0 bridgehead atoms. The van der Waals surface area contributed by atoms with Crippen molar-refractivity contribution in [3.8, 4) is 0 Å². The average Bonchev–Trinajstić information content (AvgIpc) is 3.32. The minimum absolute atomic E-state index is 0.169. The topological polar surface area (TPSA) is 97.8 Å². The summed E-state index contributed by atoms with van der Waals surface area (Å²) in [5.41, 5.74) is 12.3. The molecule has 0 spiro atoms. The molecule has 4 rings (SSSR count). The van der Waals surface area contributed by atoms with Gasteiger partial charge in [0.2, 0.25) is 5.51 Å². The normalized spacial score (nSPS) is 11.2. The molecule has 3 N–H and O–H groups in total. The minimum Gasteiger partial charge on any atom is -0.465 e. The number of aryl methyl sites for hydroxylation is 2. The zero-order valence-corrected chi connectivity index (χ0v) is 18.5. The number of aromatic nitrogens is 4. The van der Waals surface area contributed by atoms with Crippen LogP contribution in [0.3, 0.4) is 0 Å². The van der Waals surface area contributed by atoms with Gasteiger partial charge in [0.15, 0.2) is 12.2 Å². The van der Waals surface area contributed by atoms with Crippen LogP contribution < -0.4 is 10.3 Å². The number of para-hydroxylation sites is 1. The summed E-state index contributed by atoms with van der Waals surface area (Å²) in [5.74, 6) is 1.01. The van der Waals surface area contributed by atoms with Crippen molar-refractivity contribution in [3.05, 3.63) is 69.7 Å². The zero-order valence-electron chi connectivity index (χ0n) is 17.7. The van der Waals surface area contributed by atoms with Crippen molar-refractivity contribution in [1.82, 2.24) is 15.0 Å². The predicted molar refractivity (Wildman–Crippen MR) is 121 cm³/mol. The Morgan fingerprint density at radius 2 is 2.06 bits per heavy atom. The lowest BCUT2D eigenvalue weighted by atomic mass is 10.1. The predicted octanol–water partition coefficient (Wildman–Crippen LogP) is 3.27. The molecule has 0 fully saturated rings. The quantitative estimate of drug-likeness (QED) is 0.326. The van der Waals surface area contributed by atoms with Crippen LogP contribution in [0.2, 0.25) is 0 Å². The monoisotopic (exact) mass is 436 g/mol. The van der Waals surface area contributed by atoms with Crippen LogP contribution in [0.25, 0.3) is 10.9 Å². The second kappa shape index (κ2) is 9.26. The SMILES string of the molecule is Cc1ncc(C[n+]2csc(CCOC(=O)CCc3c[nH]c4ccccc34)c2C)c(N)n1. The molecule has 0 radical (unpaired) electrons. The van der Waals surface area contributed by atoms with E-state index in [1.807, 2.05) is 31.3 Å². The third-order valence-corrected chi connectivity index (χ3v) is 6.53. The van der Waals surface area contributed by atoms with Crippen LogP contribution in [-0.4, -0.2) is 27.5 Å². The number of fused-ring (bicyclic) bond motifs is 1. The van der Waals surface area contributed by atoms with Crippen LogP contribution in [0, 0.1) is 13.8 Å². The molecule has 0 aliphatic heterocycles. The number of benzene rings is 1. The number of H-pyrrole nitrogens is 1. The third kappa shape index (κ3) is 4.91. The number of rotatable bonds is 8. The zero-order chi connectivity index (χ0) is 21.8. The van der Waals surface area contributed by atoms with E-state index in [-0.39, 0.29) is 5.97 Å². The maximum absolute atomic E-state index is 12.2. The first kappa shape index (κ1) is 21.0. The molecule has 0 saturated heterocycles. The van der Waals surface area contributed by atoms with E-state index in [0.29, 0.717) is 44.1 Å². The van der Waals surface area contributed by atoms with Gasteiger partial charge in [-0.2, -0.15) is 4.57 Å². The molecule has 31 heavy (non-hydrogen) atoms. The number of esters is 1. The Bertz CT molecular complexity index is 1210. The van der Waals surface area contributed by atoms with Crippen LogP contribution in [0.15, 0.2) is 42.2 Å². The van der Waals surface area contributed by atoms with Gasteiger partial charge in [0.1, 0.15) is 11.6 Å². The Hall–Kier alpha value is -3.26. The number of ether oxygens (including phenoxy) is 1. The fourth-order valence-corrected chi connectivity index (χ4v) is 4.55. The van der Waals surface area contributed by atoms with E-state index >= 15 is 0 Å². The summed E-state index contributed by atoms with van der Waals surface area (Å²) >= 11 is 1.65. The van der Waals surface area contributed by atoms with Gasteiger partial charge in [0.05, 0.1) is 17.0 Å². The Morgan fingerprint density at radius 1 is 1.23 bits per heavy atom. The van der Waals surface area contributed by atoms with Crippen LogP contribution in [0.1, 0.15) is 33.9 Å². The summed E-state index contributed by atoms with van der Waals surface area (Å²) in [6.07, 6.45) is 5.48. The number of carbonyl (C=O) groups excluding carboxylic acids is 1. The minimum atomic E-state index is -0.169. The van der Waals surface area contributed by atoms with E-state index < -0.39 is 0 Å². The van der Waals surface area contributed by atoms with Gasteiger partial charge in [-0.15, -0.1) is 0 Å². The van der Waals surface area contributed by atoms with Gasteiger partial charge in [-0.25, -0.2) is 9.97 Å². The highest BCUT2D eigenvalue weighted by molar-refractivity contribution is 7.09. The second-order valence-corrected chi connectivity index (χ2v) is 8.46. The highest BCUT2D eigenvalue weighted by Gasteiger charge is 2.18. The van der Waals surface area contributed by atoms with E-state index in [9.17, 15) is 4.79 Å². The molecule has 0 aliphatic rings. The summed E-state index contributed by atoms with van der Waals surface area (Å²) in [4.78, 5) is 25.1. The number of thiazole rings is 1. The maximum atomic E-state index is 12.2. The molecule has 0 atom stereocenters. The summed E-state index contributed by atoms with van der Waals surface area (Å²) in [5, 5.41) is 1.16. The second-order valence-electron chi connectivity index (χ2n) is 7.52. The fraction of sp³-hybridized carbons (Fsp3) is 0.304. The van der Waals surface area contributed by atoms with E-state index in [4.69, 9.17) is 10.5 Å². The van der Waals surface area contributed by atoms with Gasteiger partial charge in [-0.1, -0.05) is 29.5 Å². The number of hydrogen-bond donors (Lipinski definition) is 2. The van der Waals surface area contributed by atoms with Crippen LogP contribution in [0.5, 0.6) is 0 Å². The molecular weight excluding hydrogens is 410 g/mol. The first-order valence-corrected chi connectivity index (χ1v) is 11.1. The molecule has 0 saturated carbocycles. The van der Waals surface area contributed by atoms with Gasteiger partial charge in [0.25, 0.3) is 0 Å². The molecule has 3 heterocycles. The average molecular weight is 437 g/mol. The maximum Gasteiger partial charge on any atom is 0.306 e. The van der Waals surface area contributed by atoms with Gasteiger partial charge in [-0.05, 0) is 25.0 Å². The molecule has 0 aliphatic carbocycles. The molecule has 0 unspecified atom stereocenters. The van der Waals surface area contributed by atoms with E-state index in [1.165, 1.54) is 4.88 Å². The number of nitrogen functional groups attached to an aromatic ring is 1. The number of nitrogens with two attached hydrogens (primary N) is 1. The fourth-order valence-electron chi connectivity index (χ4n) is 3.57. The molecule has 4 aromatic rings. The molecule has 7 nitrogen and oxygen atoms in total. The van der Waals surface area contributed by atoms with Crippen molar-refractivity contribution in [1.29, 1.82) is 0 Å². The lowest BCUT2D eigenvalue weighted by molar-refractivity contribution is -0.689. The highest BCUT2D eigenvalue weighted by Crippen LogP contribution is 2.19. The first-order chi connectivity index (χ1) is 15.0. The Balaban J connectivity index is 1.27. The molecule has 160 valence electrons. The summed E-state index contributed by atoms with van der Waals surface area (Å²) < 4.78 is 7.61. The van der Waals surface area contributed by atoms with Gasteiger partial charge in [0, 0.05) is 43.1 Å². The number of aromatic amines is 1. The van der Waals surface area contributed by atoms with E-state index in [0.717, 1.165) is 27.7 Å². The number of hydrogen-bond acceptors (Lipinski definition) is 6. The highest BCUT2D eigenvalue weighted by atomic mass is 32.1. The summed E-state index contributed by atoms with van der Waals surface area (Å²) in [7, 11) is 0. The Kier molecular flexibility index (Phi) is 6.27. The number of carbonyl (C=O) groups is 1. The van der Waals surface area contributed by atoms with Gasteiger partial charge >= 0.3 is 5.97 Å². The van der Waals surface area contributed by atoms with Crippen LogP contribution >= 0.6 is 11.3 Å². The molecular formula is C23H26N5O2S+. The lowest BCUT2D eigenvalue weighted by Gasteiger charge is -2.04. The number of nitrogens with zero attached hydrogens (tertiary/aromatic N) is 3. The molecule has 3 aromatic heterocycles. The van der Waals surface area contributed by atoms with Crippen LogP contribution in [0.4, 0.5) is 5.82 Å². The van der Waals surface area contributed by atoms with E-state index in [2.05, 4.69) is 38.0 Å². The third-order valence-electron chi connectivity index (χ3n) is 5.38. The smallest absolute Gasteiger partial charge is 0.306 e. The number of nitrogens with one attached hydrogen (secondary N) is 1. The van der Waals surface area contributed by atoms with Crippen molar-refractivity contribution in [2.24, 2.45) is 0 Å². The largest absolute Gasteiger partial charge is 0.465 e. The Labute approximate surface area is 184 Å². The van der Waals surface area contributed by atoms with E-state index in [1.54, 1.807) is 17.5 Å².